The number of rotatable bonds is 3. The number of hydrogen-bond acceptors (Lipinski definition) is 6. The fourth-order valence-electron chi connectivity index (χ4n) is 5.82. The van der Waals surface area contributed by atoms with Gasteiger partial charge in [-0.3, -0.25) is 15.1 Å². The first-order valence-corrected chi connectivity index (χ1v) is 15.7. The second-order valence-corrected chi connectivity index (χ2v) is 12.3. The number of ether oxygens (including phenoxy) is 2. The van der Waals surface area contributed by atoms with Gasteiger partial charge in [0.1, 0.15) is 5.82 Å². The summed E-state index contributed by atoms with van der Waals surface area (Å²) in [7, 11) is 1.27. The summed E-state index contributed by atoms with van der Waals surface area (Å²) < 4.78 is 26.2. The average molecular weight is 688 g/mol. The number of amides is 3. The van der Waals surface area contributed by atoms with Crippen molar-refractivity contribution in [3.63, 3.8) is 0 Å². The lowest BCUT2D eigenvalue weighted by molar-refractivity contribution is -0.119. The molecular formula is C32H33BrClFN4O5. The number of aromatic nitrogens is 1. The predicted octanol–water partition coefficient (Wildman–Crippen LogP) is 8.30. The third-order valence-electron chi connectivity index (χ3n) is 8.22. The number of methoxy groups -OCH3 is 1. The molecule has 2 aliphatic rings. The van der Waals surface area contributed by atoms with Crippen molar-refractivity contribution in [2.24, 2.45) is 5.92 Å². The molecule has 0 aliphatic carbocycles. The summed E-state index contributed by atoms with van der Waals surface area (Å²) in [5.41, 5.74) is 3.52. The lowest BCUT2D eigenvalue weighted by Gasteiger charge is -2.35. The first kappa shape index (κ1) is 31.7. The van der Waals surface area contributed by atoms with Crippen molar-refractivity contribution in [3.8, 4) is 11.3 Å². The quantitative estimate of drug-likeness (QED) is 0.268. The standard InChI is InChI=1S/C32H33BrClFN4O5/c1-18-4-3-5-27(39-14-11-19(12-15-44-32(39)42)28-23(33)8-9-24(34)29(28)35)20-10-13-36-25(16-20)22-7-6-21(37-31(41)43-2)17-26(22)38-30(18)40/h6-10,13,16-19,27H,3-5,11-12,14-15H2,1-2H3,(H,37,41)(H,38,40)/t18-,19?,27+/m1/s1. The Hall–Kier alpha value is -3.70. The first-order chi connectivity index (χ1) is 21.2. The second-order valence-electron chi connectivity index (χ2n) is 11.0. The topological polar surface area (TPSA) is 110 Å². The summed E-state index contributed by atoms with van der Waals surface area (Å²) >= 11 is 9.60. The highest BCUT2D eigenvalue weighted by atomic mass is 79.9. The van der Waals surface area contributed by atoms with Crippen molar-refractivity contribution < 1.29 is 28.2 Å². The molecule has 9 nitrogen and oxygen atoms in total. The molecule has 2 aliphatic heterocycles. The van der Waals surface area contributed by atoms with Crippen LogP contribution in [0.5, 0.6) is 0 Å². The molecule has 2 N–H and O–H groups in total. The van der Waals surface area contributed by atoms with Gasteiger partial charge in [-0.25, -0.2) is 14.0 Å². The van der Waals surface area contributed by atoms with E-state index < -0.39 is 18.0 Å². The van der Waals surface area contributed by atoms with E-state index in [0.29, 0.717) is 71.3 Å². The minimum atomic E-state index is -0.631. The molecule has 0 saturated carbocycles. The summed E-state index contributed by atoms with van der Waals surface area (Å²) in [6.07, 6.45) is 3.42. The molecule has 2 bridgehead atoms. The zero-order chi connectivity index (χ0) is 31.4. The van der Waals surface area contributed by atoms with Gasteiger partial charge in [-0.1, -0.05) is 40.9 Å². The Morgan fingerprint density at radius 2 is 1.98 bits per heavy atom. The third-order valence-corrected chi connectivity index (χ3v) is 9.21. The van der Waals surface area contributed by atoms with E-state index in [1.54, 1.807) is 35.4 Å². The Morgan fingerprint density at radius 3 is 2.77 bits per heavy atom. The van der Waals surface area contributed by atoms with Gasteiger partial charge in [0.25, 0.3) is 0 Å². The number of anilines is 2. The zero-order valence-corrected chi connectivity index (χ0v) is 26.7. The summed E-state index contributed by atoms with van der Waals surface area (Å²) in [4.78, 5) is 44.7. The van der Waals surface area contributed by atoms with Crippen LogP contribution in [0.4, 0.5) is 25.4 Å². The van der Waals surface area contributed by atoms with Gasteiger partial charge in [0, 0.05) is 39.9 Å². The number of cyclic esters (lactones) is 1. The van der Waals surface area contributed by atoms with Crippen LogP contribution in [-0.2, 0) is 14.3 Å². The van der Waals surface area contributed by atoms with Crippen molar-refractivity contribution in [1.82, 2.24) is 9.88 Å². The van der Waals surface area contributed by atoms with Crippen LogP contribution in [0.2, 0.25) is 5.02 Å². The number of carbonyl (C=O) groups is 3. The minimum absolute atomic E-state index is 0.0504. The lowest BCUT2D eigenvalue weighted by Crippen LogP contribution is -2.39. The van der Waals surface area contributed by atoms with Crippen molar-refractivity contribution in [3.05, 3.63) is 75.1 Å². The predicted molar refractivity (Wildman–Crippen MR) is 169 cm³/mol. The van der Waals surface area contributed by atoms with E-state index in [2.05, 4.69) is 31.5 Å². The molecular weight excluding hydrogens is 655 g/mol. The molecule has 0 spiro atoms. The third kappa shape index (κ3) is 6.99. The Balaban J connectivity index is 1.51. The molecule has 44 heavy (non-hydrogen) atoms. The van der Waals surface area contributed by atoms with Gasteiger partial charge in [0.2, 0.25) is 5.91 Å². The number of carbonyl (C=O) groups excluding carboxylic acids is 3. The summed E-state index contributed by atoms with van der Waals surface area (Å²) in [5.74, 6) is -1.18. The molecule has 5 rings (SSSR count). The van der Waals surface area contributed by atoms with Gasteiger partial charge in [0.15, 0.2) is 0 Å². The highest BCUT2D eigenvalue weighted by Gasteiger charge is 2.32. The molecule has 1 unspecified atom stereocenters. The number of benzene rings is 2. The zero-order valence-electron chi connectivity index (χ0n) is 24.4. The molecule has 2 aromatic carbocycles. The van der Waals surface area contributed by atoms with Crippen LogP contribution in [0, 0.1) is 11.7 Å². The fraction of sp³-hybridized carbons (Fsp3) is 0.375. The average Bonchev–Trinajstić information content (AvgIpc) is 3.00. The molecule has 12 heteroatoms. The molecule has 3 aromatic rings. The van der Waals surface area contributed by atoms with Crippen molar-refractivity contribution in [2.45, 2.75) is 51.0 Å². The minimum Gasteiger partial charge on any atom is -0.453 e. The first-order valence-electron chi connectivity index (χ1n) is 14.5. The maximum absolute atomic E-state index is 15.2. The summed E-state index contributed by atoms with van der Waals surface area (Å²) in [6, 6.07) is 11.8. The van der Waals surface area contributed by atoms with Crippen LogP contribution in [0.25, 0.3) is 11.3 Å². The van der Waals surface area contributed by atoms with E-state index in [4.69, 9.17) is 21.1 Å². The molecule has 3 heterocycles. The van der Waals surface area contributed by atoms with Gasteiger partial charge in [-0.2, -0.15) is 0 Å². The Bertz CT molecular complexity index is 1570. The number of fused-ring (bicyclic) bond motifs is 4. The number of hydrogen-bond donors (Lipinski definition) is 2. The Kier molecular flexibility index (Phi) is 10.1. The molecule has 0 radical (unpaired) electrons. The molecule has 1 saturated heterocycles. The molecule has 3 amide bonds. The van der Waals surface area contributed by atoms with E-state index in [1.807, 2.05) is 19.1 Å². The van der Waals surface area contributed by atoms with E-state index in [9.17, 15) is 14.4 Å². The van der Waals surface area contributed by atoms with Crippen molar-refractivity contribution in [1.29, 1.82) is 0 Å². The van der Waals surface area contributed by atoms with Crippen LogP contribution in [-0.4, -0.2) is 48.2 Å². The smallest absolute Gasteiger partial charge is 0.411 e. The fourth-order valence-corrected chi connectivity index (χ4v) is 6.61. The number of halogens is 3. The van der Waals surface area contributed by atoms with E-state index in [0.717, 1.165) is 5.56 Å². The summed E-state index contributed by atoms with van der Waals surface area (Å²) in [5, 5.41) is 5.68. The Labute approximate surface area is 268 Å². The van der Waals surface area contributed by atoms with Crippen molar-refractivity contribution in [2.75, 3.05) is 30.9 Å². The van der Waals surface area contributed by atoms with Crippen LogP contribution in [0.1, 0.15) is 62.1 Å². The normalized spacial score (nSPS) is 20.9. The molecule has 1 fully saturated rings. The van der Waals surface area contributed by atoms with Crippen LogP contribution >= 0.6 is 27.5 Å². The Morgan fingerprint density at radius 1 is 1.16 bits per heavy atom. The van der Waals surface area contributed by atoms with Gasteiger partial charge in [0.05, 0.1) is 36.2 Å². The maximum atomic E-state index is 15.2. The van der Waals surface area contributed by atoms with E-state index >= 15 is 4.39 Å². The molecule has 3 atom stereocenters. The van der Waals surface area contributed by atoms with Gasteiger partial charge in [-0.05, 0) is 79.6 Å². The van der Waals surface area contributed by atoms with Crippen LogP contribution < -0.4 is 10.6 Å². The number of nitrogens with zero attached hydrogens (tertiary/aromatic N) is 2. The van der Waals surface area contributed by atoms with E-state index in [-0.39, 0.29) is 35.4 Å². The second kappa shape index (κ2) is 13.9. The van der Waals surface area contributed by atoms with Gasteiger partial charge in [-0.15, -0.1) is 0 Å². The lowest BCUT2D eigenvalue weighted by atomic mass is 9.90. The largest absolute Gasteiger partial charge is 0.453 e. The van der Waals surface area contributed by atoms with E-state index in [1.165, 1.54) is 13.2 Å². The highest BCUT2D eigenvalue weighted by molar-refractivity contribution is 9.10. The van der Waals surface area contributed by atoms with Crippen LogP contribution in [0.3, 0.4) is 0 Å². The van der Waals surface area contributed by atoms with Crippen molar-refractivity contribution >= 4 is 57.0 Å². The maximum Gasteiger partial charge on any atom is 0.411 e. The number of nitrogens with one attached hydrogen (secondary N) is 2. The summed E-state index contributed by atoms with van der Waals surface area (Å²) in [6.45, 7) is 2.33. The SMILES string of the molecule is COC(=O)Nc1ccc2c(c1)NC(=O)[C@H](C)CCC[C@H](N1CCC(c3c(Br)ccc(Cl)c3F)CCOC1=O)c1ccnc-2c1. The number of pyridine rings is 1. The van der Waals surface area contributed by atoms with Gasteiger partial charge >= 0.3 is 12.2 Å². The highest BCUT2D eigenvalue weighted by Crippen LogP contribution is 2.39. The molecule has 232 valence electrons. The van der Waals surface area contributed by atoms with Crippen LogP contribution in [0.15, 0.2) is 53.1 Å². The molecule has 1 aromatic heterocycles. The van der Waals surface area contributed by atoms with Gasteiger partial charge < -0.3 is 19.7 Å². The monoisotopic (exact) mass is 686 g/mol.